The molecule has 0 spiro atoms. The van der Waals surface area contributed by atoms with Crippen LogP contribution in [0.2, 0.25) is 0 Å². The van der Waals surface area contributed by atoms with Crippen LogP contribution in [0.15, 0.2) is 103 Å². The first kappa shape index (κ1) is 26.8. The molecule has 196 valence electrons. The van der Waals surface area contributed by atoms with Crippen molar-refractivity contribution >= 4 is 5.97 Å². The molecule has 0 aromatic heterocycles. The zero-order valence-electron chi connectivity index (χ0n) is 21.8. The van der Waals surface area contributed by atoms with Crippen molar-refractivity contribution in [2.45, 2.75) is 32.3 Å². The third-order valence-corrected chi connectivity index (χ3v) is 6.13. The Kier molecular flexibility index (Phi) is 10.2. The van der Waals surface area contributed by atoms with Gasteiger partial charge in [0, 0.05) is 0 Å². The molecule has 0 heterocycles. The van der Waals surface area contributed by atoms with E-state index in [9.17, 15) is 4.79 Å². The van der Waals surface area contributed by atoms with Crippen LogP contribution in [0.25, 0.3) is 11.1 Å². The van der Waals surface area contributed by atoms with E-state index in [1.807, 2.05) is 66.7 Å². The molecule has 0 amide bonds. The summed E-state index contributed by atoms with van der Waals surface area (Å²) in [7, 11) is 1.36. The highest BCUT2D eigenvalue weighted by atomic mass is 16.5. The first-order chi connectivity index (χ1) is 18.7. The highest BCUT2D eigenvalue weighted by Gasteiger charge is 2.15. The van der Waals surface area contributed by atoms with Gasteiger partial charge < -0.3 is 18.9 Å². The van der Waals surface area contributed by atoms with E-state index in [-0.39, 0.29) is 0 Å². The van der Waals surface area contributed by atoms with Crippen molar-refractivity contribution in [1.29, 1.82) is 0 Å². The van der Waals surface area contributed by atoms with Gasteiger partial charge in [-0.1, -0.05) is 72.8 Å². The average molecular weight is 511 g/mol. The number of esters is 1. The Balaban J connectivity index is 1.14. The predicted octanol–water partition coefficient (Wildman–Crippen LogP) is 7.74. The molecule has 4 rings (SSSR count). The summed E-state index contributed by atoms with van der Waals surface area (Å²) in [5.41, 5.74) is 3.77. The Bertz CT molecular complexity index is 1250. The van der Waals surface area contributed by atoms with Crippen molar-refractivity contribution in [1.82, 2.24) is 0 Å². The van der Waals surface area contributed by atoms with Crippen molar-refractivity contribution in [2.24, 2.45) is 0 Å². The SMILES string of the molecule is COC(=O)c1cc(OCCCCCCOc2ccc(-c3ccccc3)cc2)ccc1OCc1ccccc1. The summed E-state index contributed by atoms with van der Waals surface area (Å²) >= 11 is 0. The lowest BCUT2D eigenvalue weighted by atomic mass is 10.1. The minimum atomic E-state index is -0.451. The van der Waals surface area contributed by atoms with Crippen LogP contribution >= 0.6 is 0 Å². The number of hydrogen-bond acceptors (Lipinski definition) is 5. The Morgan fingerprint density at radius 2 is 1.18 bits per heavy atom. The van der Waals surface area contributed by atoms with Gasteiger partial charge in [-0.25, -0.2) is 4.79 Å². The Hall–Kier alpha value is -4.25. The normalized spacial score (nSPS) is 10.6. The van der Waals surface area contributed by atoms with Gasteiger partial charge in [-0.05, 0) is 72.7 Å². The van der Waals surface area contributed by atoms with Crippen LogP contribution in [-0.4, -0.2) is 26.3 Å². The minimum Gasteiger partial charge on any atom is -0.494 e. The second kappa shape index (κ2) is 14.5. The van der Waals surface area contributed by atoms with Crippen LogP contribution in [0.3, 0.4) is 0 Å². The Morgan fingerprint density at radius 1 is 0.605 bits per heavy atom. The van der Waals surface area contributed by atoms with Crippen molar-refractivity contribution in [3.63, 3.8) is 0 Å². The molecule has 0 atom stereocenters. The molecule has 0 aliphatic carbocycles. The van der Waals surface area contributed by atoms with E-state index < -0.39 is 5.97 Å². The van der Waals surface area contributed by atoms with Gasteiger partial charge >= 0.3 is 5.97 Å². The molecule has 0 saturated heterocycles. The molecule has 5 heteroatoms. The topological polar surface area (TPSA) is 54.0 Å². The number of ether oxygens (including phenoxy) is 4. The summed E-state index contributed by atoms with van der Waals surface area (Å²) in [5.74, 6) is 1.54. The van der Waals surface area contributed by atoms with Crippen LogP contribution in [0.5, 0.6) is 17.2 Å². The molecule has 0 saturated carbocycles. The fourth-order valence-corrected chi connectivity index (χ4v) is 4.04. The predicted molar refractivity (Wildman–Crippen MR) is 150 cm³/mol. The maximum absolute atomic E-state index is 12.3. The van der Waals surface area contributed by atoms with Crippen molar-refractivity contribution in [3.05, 3.63) is 114 Å². The Morgan fingerprint density at radius 3 is 1.84 bits per heavy atom. The Labute approximate surface area is 225 Å². The summed E-state index contributed by atoms with van der Waals surface area (Å²) in [4.78, 5) is 12.3. The van der Waals surface area contributed by atoms with Gasteiger partial charge in [0.15, 0.2) is 0 Å². The second-order valence-corrected chi connectivity index (χ2v) is 8.93. The zero-order valence-corrected chi connectivity index (χ0v) is 21.8. The summed E-state index contributed by atoms with van der Waals surface area (Å²) < 4.78 is 22.6. The van der Waals surface area contributed by atoms with E-state index >= 15 is 0 Å². The van der Waals surface area contributed by atoms with Gasteiger partial charge in [0.1, 0.15) is 29.4 Å². The highest BCUT2D eigenvalue weighted by Crippen LogP contribution is 2.26. The average Bonchev–Trinajstić information content (AvgIpc) is 2.98. The second-order valence-electron chi connectivity index (χ2n) is 8.93. The smallest absolute Gasteiger partial charge is 0.341 e. The fourth-order valence-electron chi connectivity index (χ4n) is 4.04. The maximum Gasteiger partial charge on any atom is 0.341 e. The minimum absolute atomic E-state index is 0.356. The first-order valence-corrected chi connectivity index (χ1v) is 13.0. The quantitative estimate of drug-likeness (QED) is 0.128. The molecule has 0 bridgehead atoms. The number of methoxy groups -OCH3 is 1. The summed E-state index contributed by atoms with van der Waals surface area (Å²) in [6.45, 7) is 1.64. The van der Waals surface area contributed by atoms with E-state index in [0.717, 1.165) is 37.0 Å². The van der Waals surface area contributed by atoms with Gasteiger partial charge in [-0.2, -0.15) is 0 Å². The molecule has 4 aromatic carbocycles. The first-order valence-electron chi connectivity index (χ1n) is 13.0. The lowest BCUT2D eigenvalue weighted by Gasteiger charge is -2.13. The van der Waals surface area contributed by atoms with Crippen LogP contribution < -0.4 is 14.2 Å². The van der Waals surface area contributed by atoms with Crippen LogP contribution in [0.4, 0.5) is 0 Å². The van der Waals surface area contributed by atoms with Gasteiger partial charge in [0.2, 0.25) is 0 Å². The molecular formula is C33H34O5. The van der Waals surface area contributed by atoms with Crippen molar-refractivity contribution in [2.75, 3.05) is 20.3 Å². The lowest BCUT2D eigenvalue weighted by molar-refractivity contribution is 0.0595. The van der Waals surface area contributed by atoms with Crippen LogP contribution in [-0.2, 0) is 11.3 Å². The van der Waals surface area contributed by atoms with Gasteiger partial charge in [0.05, 0.1) is 20.3 Å². The van der Waals surface area contributed by atoms with Gasteiger partial charge in [0.25, 0.3) is 0 Å². The summed E-state index contributed by atoms with van der Waals surface area (Å²) in [6, 6.07) is 33.6. The fraction of sp³-hybridized carbons (Fsp3) is 0.242. The molecule has 38 heavy (non-hydrogen) atoms. The van der Waals surface area contributed by atoms with E-state index in [1.54, 1.807) is 12.1 Å². The molecule has 5 nitrogen and oxygen atoms in total. The van der Waals surface area contributed by atoms with Crippen LogP contribution in [0, 0.1) is 0 Å². The lowest BCUT2D eigenvalue weighted by Crippen LogP contribution is -2.07. The number of benzene rings is 4. The summed E-state index contributed by atoms with van der Waals surface area (Å²) in [5, 5.41) is 0. The highest BCUT2D eigenvalue weighted by molar-refractivity contribution is 5.93. The molecule has 0 fully saturated rings. The van der Waals surface area contributed by atoms with Gasteiger partial charge in [-0.3, -0.25) is 0 Å². The van der Waals surface area contributed by atoms with E-state index in [4.69, 9.17) is 18.9 Å². The standard InChI is InChI=1S/C33H34O5/c1-35-33(34)31-24-30(20-21-32(31)38-25-26-12-6-4-7-13-26)37-23-11-3-2-10-22-36-29-18-16-28(17-19-29)27-14-8-5-9-15-27/h4-9,12-21,24H,2-3,10-11,22-23,25H2,1H3. The molecule has 0 N–H and O–H groups in total. The third kappa shape index (κ3) is 8.13. The van der Waals surface area contributed by atoms with Crippen LogP contribution in [0.1, 0.15) is 41.6 Å². The number of hydrogen-bond donors (Lipinski definition) is 0. The molecule has 0 aliphatic heterocycles. The van der Waals surface area contributed by atoms with E-state index in [0.29, 0.717) is 36.9 Å². The third-order valence-electron chi connectivity index (χ3n) is 6.13. The van der Waals surface area contributed by atoms with Gasteiger partial charge in [-0.15, -0.1) is 0 Å². The summed E-state index contributed by atoms with van der Waals surface area (Å²) in [6.07, 6.45) is 4.01. The number of carbonyl (C=O) groups excluding carboxylic acids is 1. The number of unbranched alkanes of at least 4 members (excludes halogenated alkanes) is 3. The molecular weight excluding hydrogens is 476 g/mol. The number of rotatable bonds is 14. The molecule has 0 radical (unpaired) electrons. The monoisotopic (exact) mass is 510 g/mol. The molecule has 4 aromatic rings. The number of carbonyl (C=O) groups is 1. The van der Waals surface area contributed by atoms with Crippen molar-refractivity contribution < 1.29 is 23.7 Å². The van der Waals surface area contributed by atoms with E-state index in [1.165, 1.54) is 18.2 Å². The van der Waals surface area contributed by atoms with Crippen molar-refractivity contribution in [3.8, 4) is 28.4 Å². The van der Waals surface area contributed by atoms with E-state index in [2.05, 4.69) is 24.3 Å². The molecule has 0 unspecified atom stereocenters. The maximum atomic E-state index is 12.3. The molecule has 0 aliphatic rings. The zero-order chi connectivity index (χ0) is 26.4. The largest absolute Gasteiger partial charge is 0.494 e.